The topological polar surface area (TPSA) is 75.4 Å². The molecule has 1 heterocycles. The van der Waals surface area contributed by atoms with E-state index in [2.05, 4.69) is 5.32 Å². The van der Waals surface area contributed by atoms with Crippen LogP contribution in [0.2, 0.25) is 0 Å². The number of carbonyl (C=O) groups is 2. The molecule has 7 heteroatoms. The van der Waals surface area contributed by atoms with Gasteiger partial charge in [-0.2, -0.15) is 0 Å². The van der Waals surface area contributed by atoms with Crippen molar-refractivity contribution in [1.29, 1.82) is 0 Å². The van der Waals surface area contributed by atoms with Crippen molar-refractivity contribution in [2.45, 2.75) is 51.0 Å². The molecule has 1 saturated carbocycles. The number of hydrogen-bond acceptors (Lipinski definition) is 3. The molecule has 0 radical (unpaired) electrons. The van der Waals surface area contributed by atoms with Crippen molar-refractivity contribution in [1.82, 2.24) is 5.32 Å². The van der Waals surface area contributed by atoms with E-state index in [1.807, 2.05) is 13.8 Å². The summed E-state index contributed by atoms with van der Waals surface area (Å²) >= 11 is 0. The number of nitrogens with two attached hydrogens (primary N) is 1. The van der Waals surface area contributed by atoms with Crippen LogP contribution >= 0.6 is 12.4 Å². The quantitative estimate of drug-likeness (QED) is 0.838. The average molecular weight is 384 g/mol. The van der Waals surface area contributed by atoms with E-state index in [9.17, 15) is 14.0 Å². The summed E-state index contributed by atoms with van der Waals surface area (Å²) in [4.78, 5) is 26.3. The second-order valence-electron chi connectivity index (χ2n) is 7.59. The van der Waals surface area contributed by atoms with E-state index in [1.54, 1.807) is 17.0 Å². The van der Waals surface area contributed by atoms with Crippen LogP contribution < -0.4 is 16.0 Å². The van der Waals surface area contributed by atoms with E-state index in [4.69, 9.17) is 5.73 Å². The molecule has 3 N–H and O–H groups in total. The number of nitrogens with zero attached hydrogens (tertiary/aromatic N) is 1. The highest BCUT2D eigenvalue weighted by Crippen LogP contribution is 2.51. The fraction of sp³-hybridized carbons (Fsp3) is 0.579. The summed E-state index contributed by atoms with van der Waals surface area (Å²) in [7, 11) is 0. The first-order chi connectivity index (χ1) is 11.9. The van der Waals surface area contributed by atoms with Crippen LogP contribution in [0.1, 0.15) is 45.1 Å². The van der Waals surface area contributed by atoms with Gasteiger partial charge in [0.1, 0.15) is 5.82 Å². The van der Waals surface area contributed by atoms with E-state index in [-0.39, 0.29) is 47.9 Å². The van der Waals surface area contributed by atoms with Gasteiger partial charge in [-0.15, -0.1) is 12.4 Å². The Morgan fingerprint density at radius 1 is 1.31 bits per heavy atom. The first-order valence-electron chi connectivity index (χ1n) is 8.98. The third-order valence-corrected chi connectivity index (χ3v) is 5.57. The highest BCUT2D eigenvalue weighted by Gasteiger charge is 2.47. The fourth-order valence-corrected chi connectivity index (χ4v) is 4.09. The predicted molar refractivity (Wildman–Crippen MR) is 102 cm³/mol. The number of rotatable bonds is 4. The molecule has 5 nitrogen and oxygen atoms in total. The molecule has 1 fully saturated rings. The molecule has 1 aliphatic carbocycles. The summed E-state index contributed by atoms with van der Waals surface area (Å²) in [5.74, 6) is -0.795. The van der Waals surface area contributed by atoms with Crippen molar-refractivity contribution >= 4 is 29.9 Å². The summed E-state index contributed by atoms with van der Waals surface area (Å²) < 4.78 is 14.5. The van der Waals surface area contributed by atoms with Gasteiger partial charge in [0.2, 0.25) is 11.8 Å². The van der Waals surface area contributed by atoms with Gasteiger partial charge in [0.25, 0.3) is 0 Å². The van der Waals surface area contributed by atoms with Crippen molar-refractivity contribution in [3.05, 3.63) is 29.6 Å². The van der Waals surface area contributed by atoms with Crippen LogP contribution in [0.4, 0.5) is 10.1 Å². The van der Waals surface area contributed by atoms with Gasteiger partial charge in [-0.1, -0.05) is 32.8 Å². The minimum absolute atomic E-state index is 0. The van der Waals surface area contributed by atoms with Crippen LogP contribution in [0.5, 0.6) is 0 Å². The number of halogens is 2. The molecule has 26 heavy (non-hydrogen) atoms. The summed E-state index contributed by atoms with van der Waals surface area (Å²) in [6, 6.07) is 4.26. The van der Waals surface area contributed by atoms with Crippen LogP contribution in [0.15, 0.2) is 18.2 Å². The Hall–Kier alpha value is -1.66. The fourth-order valence-electron chi connectivity index (χ4n) is 4.09. The molecule has 1 spiro atoms. The number of carbonyl (C=O) groups excluding carboxylic acids is 2. The minimum Gasteiger partial charge on any atom is -0.346 e. The van der Waals surface area contributed by atoms with Gasteiger partial charge in [-0.05, 0) is 30.9 Å². The molecular weight excluding hydrogens is 357 g/mol. The Morgan fingerprint density at radius 2 is 1.96 bits per heavy atom. The molecular formula is C19H27ClFN3O2. The van der Waals surface area contributed by atoms with E-state index < -0.39 is 6.04 Å². The largest absolute Gasteiger partial charge is 0.346 e. The molecule has 1 aliphatic heterocycles. The second kappa shape index (κ2) is 7.92. The highest BCUT2D eigenvalue weighted by molar-refractivity contribution is 5.99. The first kappa shape index (κ1) is 20.6. The molecule has 3 rings (SSSR count). The Morgan fingerprint density at radius 3 is 2.58 bits per heavy atom. The lowest BCUT2D eigenvalue weighted by Gasteiger charge is -2.25. The molecule has 0 unspecified atom stereocenters. The standard InChI is InChI=1S/C19H26FN3O2.ClH/c1-12(2)17(21)18(25)22-10-15(24)23-11-19(8-3-4-9-19)16-13(20)6-5-7-14(16)23;/h5-7,12,17H,3-4,8-11,21H2,1-2H3,(H,22,25);1H/t17-;/m0./s1. The lowest BCUT2D eigenvalue weighted by atomic mass is 9.80. The van der Waals surface area contributed by atoms with Crippen molar-refractivity contribution in [3.8, 4) is 0 Å². The smallest absolute Gasteiger partial charge is 0.246 e. The molecule has 0 bridgehead atoms. The van der Waals surface area contributed by atoms with Crippen LogP contribution in [-0.4, -0.2) is 30.9 Å². The summed E-state index contributed by atoms with van der Waals surface area (Å²) in [5, 5.41) is 2.62. The molecule has 1 aromatic carbocycles. The maximum absolute atomic E-state index is 14.5. The van der Waals surface area contributed by atoms with Crippen molar-refractivity contribution < 1.29 is 14.0 Å². The zero-order valence-corrected chi connectivity index (χ0v) is 16.1. The van der Waals surface area contributed by atoms with Crippen LogP contribution in [-0.2, 0) is 15.0 Å². The number of hydrogen-bond donors (Lipinski definition) is 2. The zero-order chi connectivity index (χ0) is 18.2. The minimum atomic E-state index is -0.641. The number of anilines is 1. The predicted octanol–water partition coefficient (Wildman–Crippen LogP) is 2.51. The Bertz CT molecular complexity index is 689. The van der Waals surface area contributed by atoms with Gasteiger partial charge < -0.3 is 16.0 Å². The van der Waals surface area contributed by atoms with Gasteiger partial charge in [0.05, 0.1) is 18.3 Å². The van der Waals surface area contributed by atoms with Gasteiger partial charge in [0.15, 0.2) is 0 Å². The normalized spacial score (nSPS) is 18.6. The molecule has 2 aliphatic rings. The van der Waals surface area contributed by atoms with Crippen molar-refractivity contribution in [2.75, 3.05) is 18.0 Å². The van der Waals surface area contributed by atoms with E-state index >= 15 is 0 Å². The molecule has 0 saturated heterocycles. The van der Waals surface area contributed by atoms with Crippen molar-refractivity contribution in [2.24, 2.45) is 11.7 Å². The van der Waals surface area contributed by atoms with Gasteiger partial charge >= 0.3 is 0 Å². The zero-order valence-electron chi connectivity index (χ0n) is 15.3. The van der Waals surface area contributed by atoms with Gasteiger partial charge in [0, 0.05) is 17.5 Å². The number of benzene rings is 1. The monoisotopic (exact) mass is 383 g/mol. The van der Waals surface area contributed by atoms with E-state index in [0.29, 0.717) is 17.8 Å². The Kier molecular flexibility index (Phi) is 6.29. The summed E-state index contributed by atoms with van der Waals surface area (Å²) in [6.07, 6.45) is 3.90. The second-order valence-corrected chi connectivity index (χ2v) is 7.59. The van der Waals surface area contributed by atoms with E-state index in [0.717, 1.165) is 25.7 Å². The third kappa shape index (κ3) is 3.58. The van der Waals surface area contributed by atoms with Crippen LogP contribution in [0.25, 0.3) is 0 Å². The highest BCUT2D eigenvalue weighted by atomic mass is 35.5. The SMILES string of the molecule is CC(C)[C@H](N)C(=O)NCC(=O)N1CC2(CCCC2)c2c(F)cccc21.Cl. The number of amides is 2. The maximum Gasteiger partial charge on any atom is 0.246 e. The van der Waals surface area contributed by atoms with Gasteiger partial charge in [-0.25, -0.2) is 4.39 Å². The molecule has 0 aromatic heterocycles. The van der Waals surface area contributed by atoms with Gasteiger partial charge in [-0.3, -0.25) is 9.59 Å². The Balaban J connectivity index is 0.00000243. The Labute approximate surface area is 159 Å². The van der Waals surface area contributed by atoms with Crippen LogP contribution in [0, 0.1) is 11.7 Å². The summed E-state index contributed by atoms with van der Waals surface area (Å²) in [6.45, 7) is 4.09. The average Bonchev–Trinajstić information content (AvgIpc) is 3.18. The molecule has 1 aromatic rings. The number of fused-ring (bicyclic) bond motifs is 2. The lowest BCUT2D eigenvalue weighted by Crippen LogP contribution is -2.48. The maximum atomic E-state index is 14.5. The first-order valence-corrected chi connectivity index (χ1v) is 8.98. The molecule has 1 atom stereocenters. The van der Waals surface area contributed by atoms with E-state index in [1.165, 1.54) is 6.07 Å². The lowest BCUT2D eigenvalue weighted by molar-refractivity contribution is -0.126. The van der Waals surface area contributed by atoms with Crippen molar-refractivity contribution in [3.63, 3.8) is 0 Å². The molecule has 144 valence electrons. The third-order valence-electron chi connectivity index (χ3n) is 5.57. The summed E-state index contributed by atoms with van der Waals surface area (Å²) in [5.41, 5.74) is 6.85. The van der Waals surface area contributed by atoms with Crippen LogP contribution in [0.3, 0.4) is 0 Å². The molecule has 2 amide bonds. The number of nitrogens with one attached hydrogen (secondary N) is 1.